The molecule has 3 heterocycles. The van der Waals surface area contributed by atoms with E-state index in [1.165, 1.54) is 6.33 Å². The lowest BCUT2D eigenvalue weighted by atomic mass is 9.93. The molecular formula is C23H22N6O. The Morgan fingerprint density at radius 2 is 2.10 bits per heavy atom. The molecule has 5 rings (SSSR count). The predicted octanol–water partition coefficient (Wildman–Crippen LogP) is 3.41. The maximum Gasteiger partial charge on any atom is 0.220 e. The molecule has 1 amide bonds. The Balaban J connectivity index is 1.76. The average Bonchev–Trinajstić information content (AvgIpc) is 3.09. The van der Waals surface area contributed by atoms with E-state index >= 15 is 0 Å². The van der Waals surface area contributed by atoms with Crippen molar-refractivity contribution in [1.29, 1.82) is 0 Å². The number of allylic oxidation sites excluding steroid dienone is 1. The number of para-hydroxylation sites is 1. The number of hydrogen-bond donors (Lipinski definition) is 2. The molecule has 30 heavy (non-hydrogen) atoms. The molecule has 0 spiro atoms. The first-order valence-corrected chi connectivity index (χ1v) is 10.0. The van der Waals surface area contributed by atoms with Gasteiger partial charge in [0.05, 0.1) is 34.7 Å². The van der Waals surface area contributed by atoms with Gasteiger partial charge >= 0.3 is 0 Å². The zero-order valence-electron chi connectivity index (χ0n) is 16.9. The molecule has 150 valence electrons. The van der Waals surface area contributed by atoms with E-state index < -0.39 is 0 Å². The number of aromatic nitrogens is 4. The largest absolute Gasteiger partial charge is 0.382 e. The summed E-state index contributed by atoms with van der Waals surface area (Å²) in [5.74, 6) is 0.452. The van der Waals surface area contributed by atoms with E-state index in [0.29, 0.717) is 18.7 Å². The van der Waals surface area contributed by atoms with Crippen molar-refractivity contribution >= 4 is 39.2 Å². The van der Waals surface area contributed by atoms with Crippen LogP contribution >= 0.6 is 0 Å². The van der Waals surface area contributed by atoms with Gasteiger partial charge in [0.25, 0.3) is 0 Å². The summed E-state index contributed by atoms with van der Waals surface area (Å²) in [5, 5.41) is 4.13. The van der Waals surface area contributed by atoms with Crippen LogP contribution in [0.15, 0.2) is 48.9 Å². The van der Waals surface area contributed by atoms with Gasteiger partial charge in [-0.2, -0.15) is 0 Å². The van der Waals surface area contributed by atoms with Crippen molar-refractivity contribution in [1.82, 2.24) is 24.8 Å². The summed E-state index contributed by atoms with van der Waals surface area (Å²) in [6.07, 6.45) is 6.56. The molecule has 0 unspecified atom stereocenters. The highest BCUT2D eigenvalue weighted by molar-refractivity contribution is 5.96. The molecule has 3 N–H and O–H groups in total. The molecule has 3 aromatic heterocycles. The van der Waals surface area contributed by atoms with Crippen LogP contribution in [0.3, 0.4) is 0 Å². The molecule has 4 aromatic rings. The fourth-order valence-corrected chi connectivity index (χ4v) is 4.30. The van der Waals surface area contributed by atoms with E-state index in [1.807, 2.05) is 37.4 Å². The van der Waals surface area contributed by atoms with Crippen molar-refractivity contribution in [3.63, 3.8) is 0 Å². The van der Waals surface area contributed by atoms with Crippen molar-refractivity contribution < 1.29 is 4.79 Å². The van der Waals surface area contributed by atoms with Crippen molar-refractivity contribution in [3.8, 4) is 5.69 Å². The first-order valence-electron chi connectivity index (χ1n) is 10.0. The van der Waals surface area contributed by atoms with Gasteiger partial charge in [-0.15, -0.1) is 0 Å². The number of nitrogens with zero attached hydrogens (tertiary/aromatic N) is 4. The molecule has 1 aliphatic rings. The Hall–Kier alpha value is -3.74. The van der Waals surface area contributed by atoms with Crippen molar-refractivity contribution in [2.45, 2.75) is 32.7 Å². The summed E-state index contributed by atoms with van der Waals surface area (Å²) in [6, 6.07) is 10.0. The van der Waals surface area contributed by atoms with E-state index in [9.17, 15) is 4.79 Å². The van der Waals surface area contributed by atoms with Crippen LogP contribution in [0.2, 0.25) is 0 Å². The topological polar surface area (TPSA) is 98.7 Å². The highest BCUT2D eigenvalue weighted by atomic mass is 16.1. The van der Waals surface area contributed by atoms with Gasteiger partial charge in [-0.05, 0) is 24.6 Å². The quantitative estimate of drug-likeness (QED) is 0.551. The van der Waals surface area contributed by atoms with Crippen LogP contribution in [0, 0.1) is 0 Å². The van der Waals surface area contributed by atoms with Crippen molar-refractivity contribution in [2.24, 2.45) is 0 Å². The summed E-state index contributed by atoms with van der Waals surface area (Å²) in [4.78, 5) is 25.4. The Kier molecular flexibility index (Phi) is 4.24. The Morgan fingerprint density at radius 3 is 2.93 bits per heavy atom. The number of rotatable bonds is 3. The molecule has 1 atom stereocenters. The highest BCUT2D eigenvalue weighted by Gasteiger charge is 2.28. The number of carbonyl (C=O) groups excluding carboxylic acids is 1. The molecule has 1 aromatic carbocycles. The normalized spacial score (nSPS) is 15.8. The fraction of sp³-hybridized carbons (Fsp3) is 0.217. The van der Waals surface area contributed by atoms with E-state index in [2.05, 4.69) is 43.9 Å². The van der Waals surface area contributed by atoms with Gasteiger partial charge in [0.2, 0.25) is 5.91 Å². The number of amides is 1. The third-order valence-corrected chi connectivity index (χ3v) is 5.62. The number of benzene rings is 1. The van der Waals surface area contributed by atoms with Crippen LogP contribution in [0.4, 0.5) is 5.82 Å². The van der Waals surface area contributed by atoms with Gasteiger partial charge in [0, 0.05) is 23.8 Å². The Morgan fingerprint density at radius 1 is 1.27 bits per heavy atom. The monoisotopic (exact) mass is 398 g/mol. The summed E-state index contributed by atoms with van der Waals surface area (Å²) >= 11 is 0. The molecular weight excluding hydrogens is 376 g/mol. The number of pyridine rings is 1. The zero-order chi connectivity index (χ0) is 20.8. The van der Waals surface area contributed by atoms with Crippen LogP contribution < -0.4 is 11.1 Å². The highest BCUT2D eigenvalue weighted by Crippen LogP contribution is 2.38. The third-order valence-electron chi connectivity index (χ3n) is 5.62. The lowest BCUT2D eigenvalue weighted by molar-refractivity contribution is -0.121. The average molecular weight is 398 g/mol. The maximum absolute atomic E-state index is 12.0. The SMILES string of the molecule is CCC(=O)N[C@@H]1C=C(C)c2c(c3ncnc(N)c3n2-c2cnc3ccccc3c2)C1. The Bertz CT molecular complexity index is 1340. The molecule has 0 fully saturated rings. The minimum absolute atomic E-state index is 0.0316. The number of carbonyl (C=O) groups is 1. The van der Waals surface area contributed by atoms with Gasteiger partial charge in [-0.25, -0.2) is 9.97 Å². The first-order chi connectivity index (χ1) is 14.6. The van der Waals surface area contributed by atoms with E-state index in [0.717, 1.165) is 44.5 Å². The van der Waals surface area contributed by atoms with E-state index in [4.69, 9.17) is 5.73 Å². The van der Waals surface area contributed by atoms with Gasteiger partial charge in [0.15, 0.2) is 5.82 Å². The predicted molar refractivity (Wildman–Crippen MR) is 118 cm³/mol. The van der Waals surface area contributed by atoms with Crippen LogP contribution in [-0.4, -0.2) is 31.5 Å². The molecule has 7 heteroatoms. The van der Waals surface area contributed by atoms with Crippen LogP contribution in [0.1, 0.15) is 31.5 Å². The minimum atomic E-state index is -0.0741. The van der Waals surface area contributed by atoms with E-state index in [-0.39, 0.29) is 11.9 Å². The second-order valence-corrected chi connectivity index (χ2v) is 7.59. The Labute approximate surface area is 173 Å². The standard InChI is InChI=1S/C23H22N6O/c1-3-19(30)28-15-8-13(2)21-17(10-15)20-22(23(24)27-12-26-20)29(21)16-9-14-6-4-5-7-18(14)25-11-16/h4-9,11-12,15H,3,10H2,1-2H3,(H,28,30)(H2,24,26,27)/t15-/m1/s1. The summed E-state index contributed by atoms with van der Waals surface area (Å²) in [7, 11) is 0. The number of anilines is 1. The smallest absolute Gasteiger partial charge is 0.220 e. The second kappa shape index (κ2) is 6.95. The maximum atomic E-state index is 12.0. The van der Waals surface area contributed by atoms with Crippen molar-refractivity contribution in [3.05, 3.63) is 60.2 Å². The molecule has 7 nitrogen and oxygen atoms in total. The van der Waals surface area contributed by atoms with Gasteiger partial charge in [-0.3, -0.25) is 9.78 Å². The number of nitrogen functional groups attached to an aromatic ring is 1. The second-order valence-electron chi connectivity index (χ2n) is 7.59. The minimum Gasteiger partial charge on any atom is -0.382 e. The fourth-order valence-electron chi connectivity index (χ4n) is 4.30. The molecule has 0 aliphatic heterocycles. The number of nitrogens with two attached hydrogens (primary N) is 1. The molecule has 0 radical (unpaired) electrons. The van der Waals surface area contributed by atoms with E-state index in [1.54, 1.807) is 0 Å². The molecule has 1 aliphatic carbocycles. The van der Waals surface area contributed by atoms with Crippen LogP contribution in [0.5, 0.6) is 0 Å². The van der Waals surface area contributed by atoms with Gasteiger partial charge in [0.1, 0.15) is 11.8 Å². The molecule has 0 bridgehead atoms. The summed E-state index contributed by atoms with van der Waals surface area (Å²) in [6.45, 7) is 3.91. The van der Waals surface area contributed by atoms with Crippen LogP contribution in [0.25, 0.3) is 33.2 Å². The van der Waals surface area contributed by atoms with Crippen molar-refractivity contribution in [2.75, 3.05) is 5.73 Å². The lowest BCUT2D eigenvalue weighted by Gasteiger charge is -2.23. The summed E-state index contributed by atoms with van der Waals surface area (Å²) < 4.78 is 2.10. The third kappa shape index (κ3) is 2.82. The number of fused-ring (bicyclic) bond motifs is 4. The summed E-state index contributed by atoms with van der Waals surface area (Å²) in [5.41, 5.74) is 12.9. The zero-order valence-corrected chi connectivity index (χ0v) is 16.9. The first kappa shape index (κ1) is 18.3. The van der Waals surface area contributed by atoms with Crippen LogP contribution in [-0.2, 0) is 11.2 Å². The number of nitrogens with one attached hydrogen (secondary N) is 1. The molecule has 0 saturated carbocycles. The van der Waals surface area contributed by atoms with Gasteiger partial charge < -0.3 is 15.6 Å². The van der Waals surface area contributed by atoms with Gasteiger partial charge in [-0.1, -0.05) is 31.2 Å². The molecule has 0 saturated heterocycles. The lowest BCUT2D eigenvalue weighted by Crippen LogP contribution is -2.36. The number of hydrogen-bond acceptors (Lipinski definition) is 5.